The van der Waals surface area contributed by atoms with Gasteiger partial charge in [-0.2, -0.15) is 4.90 Å². The predicted octanol–water partition coefficient (Wildman–Crippen LogP) is 4.52. The van der Waals surface area contributed by atoms with Crippen LogP contribution in [0.3, 0.4) is 0 Å². The summed E-state index contributed by atoms with van der Waals surface area (Å²) in [5.74, 6) is -0.914. The number of imide groups is 1. The van der Waals surface area contributed by atoms with E-state index in [1.807, 2.05) is 0 Å². The SMILES string of the molecule is CC(=O)/C=C/O[C@@H]1CCCC[C@H](N(C(=O)OC(C)(C)C)C(=O)OC(C)(C)C)C(=O)O[C@H]1C. The molecule has 3 atom stereocenters. The molecule has 9 heteroatoms. The van der Waals surface area contributed by atoms with Gasteiger partial charge >= 0.3 is 18.2 Å². The highest BCUT2D eigenvalue weighted by Gasteiger charge is 2.42. The van der Waals surface area contributed by atoms with Crippen LogP contribution in [0, 0.1) is 0 Å². The van der Waals surface area contributed by atoms with Crippen LogP contribution < -0.4 is 0 Å². The summed E-state index contributed by atoms with van der Waals surface area (Å²) in [5.41, 5.74) is -1.76. The maximum absolute atomic E-state index is 13.0. The summed E-state index contributed by atoms with van der Waals surface area (Å²) in [6.45, 7) is 13.1. The van der Waals surface area contributed by atoms with Crippen LogP contribution >= 0.6 is 0 Å². The number of hydrogen-bond donors (Lipinski definition) is 0. The maximum Gasteiger partial charge on any atom is 0.420 e. The fraction of sp³-hybridized carbons (Fsp3) is 0.739. The van der Waals surface area contributed by atoms with Crippen LogP contribution in [0.5, 0.6) is 0 Å². The molecule has 0 radical (unpaired) electrons. The van der Waals surface area contributed by atoms with E-state index in [0.29, 0.717) is 24.2 Å². The van der Waals surface area contributed by atoms with Gasteiger partial charge in [0.15, 0.2) is 5.78 Å². The Morgan fingerprint density at radius 2 is 1.47 bits per heavy atom. The highest BCUT2D eigenvalue weighted by atomic mass is 16.6. The van der Waals surface area contributed by atoms with Crippen LogP contribution in [-0.2, 0) is 28.5 Å². The number of ketones is 1. The summed E-state index contributed by atoms with van der Waals surface area (Å²) in [4.78, 5) is 50.6. The second kappa shape index (κ2) is 11.3. The average Bonchev–Trinajstić information content (AvgIpc) is 2.63. The number of cyclic esters (lactones) is 1. The largest absolute Gasteiger partial charge is 0.494 e. The van der Waals surface area contributed by atoms with E-state index in [4.69, 9.17) is 18.9 Å². The van der Waals surface area contributed by atoms with Crippen molar-refractivity contribution in [1.29, 1.82) is 0 Å². The number of hydrogen-bond acceptors (Lipinski definition) is 8. The molecular formula is C23H37NO8. The highest BCUT2D eigenvalue weighted by molar-refractivity contribution is 5.94. The molecule has 0 aliphatic carbocycles. The minimum atomic E-state index is -1.20. The molecule has 9 nitrogen and oxygen atoms in total. The van der Waals surface area contributed by atoms with E-state index in [1.165, 1.54) is 19.3 Å². The molecule has 182 valence electrons. The Hall–Kier alpha value is -2.58. The molecule has 1 aliphatic heterocycles. The first-order valence-electron chi connectivity index (χ1n) is 10.9. The fourth-order valence-electron chi connectivity index (χ4n) is 2.97. The van der Waals surface area contributed by atoms with E-state index < -0.39 is 47.6 Å². The molecule has 0 N–H and O–H groups in total. The molecule has 0 saturated carbocycles. The zero-order chi connectivity index (χ0) is 24.7. The first kappa shape index (κ1) is 27.5. The quantitative estimate of drug-likeness (QED) is 0.263. The third kappa shape index (κ3) is 9.70. The Balaban J connectivity index is 3.15. The molecule has 0 aromatic carbocycles. The summed E-state index contributed by atoms with van der Waals surface area (Å²) in [5, 5.41) is 0. The van der Waals surface area contributed by atoms with Crippen molar-refractivity contribution in [2.75, 3.05) is 0 Å². The topological polar surface area (TPSA) is 108 Å². The van der Waals surface area contributed by atoms with Gasteiger partial charge in [-0.25, -0.2) is 14.4 Å². The molecule has 32 heavy (non-hydrogen) atoms. The van der Waals surface area contributed by atoms with Crippen molar-refractivity contribution in [3.8, 4) is 0 Å². The van der Waals surface area contributed by atoms with Gasteiger partial charge in [0.25, 0.3) is 0 Å². The van der Waals surface area contributed by atoms with Crippen molar-refractivity contribution >= 4 is 23.9 Å². The van der Waals surface area contributed by atoms with Gasteiger partial charge in [-0.05, 0) is 74.7 Å². The van der Waals surface area contributed by atoms with Gasteiger partial charge < -0.3 is 18.9 Å². The lowest BCUT2D eigenvalue weighted by molar-refractivity contribution is -0.159. The van der Waals surface area contributed by atoms with Gasteiger partial charge in [-0.3, -0.25) is 4.79 Å². The highest BCUT2D eigenvalue weighted by Crippen LogP contribution is 2.24. The van der Waals surface area contributed by atoms with Gasteiger partial charge in [0.2, 0.25) is 0 Å². The molecule has 1 fully saturated rings. The van der Waals surface area contributed by atoms with Crippen LogP contribution in [0.1, 0.15) is 81.1 Å². The van der Waals surface area contributed by atoms with E-state index >= 15 is 0 Å². The van der Waals surface area contributed by atoms with Crippen molar-refractivity contribution in [3.05, 3.63) is 12.3 Å². The van der Waals surface area contributed by atoms with E-state index in [-0.39, 0.29) is 12.2 Å². The monoisotopic (exact) mass is 455 g/mol. The van der Waals surface area contributed by atoms with Crippen molar-refractivity contribution in [1.82, 2.24) is 4.90 Å². The molecule has 0 spiro atoms. The third-order valence-corrected chi connectivity index (χ3v) is 4.36. The Morgan fingerprint density at radius 3 is 1.94 bits per heavy atom. The molecule has 2 amide bonds. The lowest BCUT2D eigenvalue weighted by Gasteiger charge is -2.32. The van der Waals surface area contributed by atoms with Crippen LogP contribution in [0.25, 0.3) is 0 Å². The van der Waals surface area contributed by atoms with E-state index in [0.717, 1.165) is 0 Å². The number of allylic oxidation sites excluding steroid dienone is 1. The Kier molecular flexibility index (Phi) is 9.72. The number of carbonyl (C=O) groups excluding carboxylic acids is 4. The third-order valence-electron chi connectivity index (χ3n) is 4.36. The van der Waals surface area contributed by atoms with Crippen LogP contribution in [0.15, 0.2) is 12.3 Å². The van der Waals surface area contributed by atoms with Gasteiger partial charge in [0.05, 0.1) is 6.26 Å². The lowest BCUT2D eigenvalue weighted by atomic mass is 10.0. The van der Waals surface area contributed by atoms with Gasteiger partial charge in [-0.15, -0.1) is 0 Å². The summed E-state index contributed by atoms with van der Waals surface area (Å²) in [7, 11) is 0. The molecule has 0 unspecified atom stereocenters. The van der Waals surface area contributed by atoms with Crippen molar-refractivity contribution in [3.63, 3.8) is 0 Å². The first-order valence-corrected chi connectivity index (χ1v) is 10.9. The van der Waals surface area contributed by atoms with Gasteiger partial charge in [0.1, 0.15) is 29.5 Å². The molecule has 0 aromatic heterocycles. The van der Waals surface area contributed by atoms with Crippen molar-refractivity contribution in [2.24, 2.45) is 0 Å². The number of esters is 1. The fourth-order valence-corrected chi connectivity index (χ4v) is 2.97. The van der Waals surface area contributed by atoms with Crippen molar-refractivity contribution in [2.45, 2.75) is 111 Å². The minimum absolute atomic E-state index is 0.164. The normalized spacial score (nSPS) is 22.8. The number of nitrogens with zero attached hydrogens (tertiary/aromatic N) is 1. The summed E-state index contributed by atoms with van der Waals surface area (Å²) in [6.07, 6.45) is 1.45. The molecule has 0 aromatic rings. The predicted molar refractivity (Wildman–Crippen MR) is 117 cm³/mol. The maximum atomic E-state index is 13.0. The zero-order valence-corrected chi connectivity index (χ0v) is 20.4. The number of rotatable bonds is 4. The second-order valence-corrected chi connectivity index (χ2v) is 9.86. The Labute approximate surface area is 190 Å². The van der Waals surface area contributed by atoms with Crippen LogP contribution in [0.4, 0.5) is 9.59 Å². The number of carbonyl (C=O) groups is 4. The average molecular weight is 456 g/mol. The molecule has 1 aliphatic rings. The van der Waals surface area contributed by atoms with Gasteiger partial charge in [-0.1, -0.05) is 6.42 Å². The molecule has 1 saturated heterocycles. The van der Waals surface area contributed by atoms with Crippen LogP contribution in [0.2, 0.25) is 0 Å². The molecule has 1 heterocycles. The number of amides is 2. The Morgan fingerprint density at radius 1 is 0.969 bits per heavy atom. The first-order chi connectivity index (χ1) is 14.6. The minimum Gasteiger partial charge on any atom is -0.494 e. The van der Waals surface area contributed by atoms with E-state index in [2.05, 4.69) is 0 Å². The second-order valence-electron chi connectivity index (χ2n) is 9.86. The zero-order valence-electron chi connectivity index (χ0n) is 20.4. The lowest BCUT2D eigenvalue weighted by Crippen LogP contribution is -2.52. The van der Waals surface area contributed by atoms with E-state index in [9.17, 15) is 19.2 Å². The summed E-state index contributed by atoms with van der Waals surface area (Å²) >= 11 is 0. The number of ether oxygens (including phenoxy) is 4. The van der Waals surface area contributed by atoms with Gasteiger partial charge in [0, 0.05) is 6.08 Å². The Bertz CT molecular complexity index is 688. The van der Waals surface area contributed by atoms with Crippen LogP contribution in [-0.4, -0.2) is 58.3 Å². The smallest absolute Gasteiger partial charge is 0.420 e. The summed E-state index contributed by atoms with van der Waals surface area (Å²) < 4.78 is 21.9. The molecule has 0 bridgehead atoms. The summed E-state index contributed by atoms with van der Waals surface area (Å²) in [6, 6.07) is -1.20. The van der Waals surface area contributed by atoms with Crippen molar-refractivity contribution < 1.29 is 38.1 Å². The van der Waals surface area contributed by atoms with E-state index in [1.54, 1.807) is 48.5 Å². The standard InChI is InChI=1S/C23H37NO8/c1-15(25)13-14-29-18-12-10-9-11-17(19(26)30-16(18)2)24(20(27)31-22(3,4)5)21(28)32-23(6,7)8/h13-14,16-18H,9-12H2,1-8H3/b14-13+/t16-,17-,18+/m0/s1. The molecule has 1 rings (SSSR count). The molecular weight excluding hydrogens is 418 g/mol.